The van der Waals surface area contributed by atoms with Crippen LogP contribution >= 0.6 is 22.6 Å². The Bertz CT molecular complexity index is 491. The molecule has 6 heteroatoms. The number of hydrogen-bond acceptors (Lipinski definition) is 3. The lowest BCUT2D eigenvalue weighted by molar-refractivity contribution is -0.384. The summed E-state index contributed by atoms with van der Waals surface area (Å²) in [6.45, 7) is 6.49. The Labute approximate surface area is 126 Å². The third-order valence-electron chi connectivity index (χ3n) is 3.12. The lowest BCUT2D eigenvalue weighted by Crippen LogP contribution is -2.38. The molecule has 19 heavy (non-hydrogen) atoms. The molecular weight excluding hydrogens is 359 g/mol. The minimum Gasteiger partial charge on any atom is -0.336 e. The Hall–Kier alpha value is -1.18. The molecule has 0 saturated carbocycles. The van der Waals surface area contributed by atoms with Gasteiger partial charge in [0.15, 0.2) is 0 Å². The van der Waals surface area contributed by atoms with Gasteiger partial charge in [0.1, 0.15) is 0 Å². The predicted molar refractivity (Wildman–Crippen MR) is 82.3 cm³/mol. The quantitative estimate of drug-likeness (QED) is 0.449. The van der Waals surface area contributed by atoms with Gasteiger partial charge in [0, 0.05) is 28.3 Å². The highest BCUT2D eigenvalue weighted by atomic mass is 127. The fraction of sp³-hybridized carbons (Fsp3) is 0.462. The zero-order valence-corrected chi connectivity index (χ0v) is 13.4. The maximum absolute atomic E-state index is 12.5. The molecule has 1 amide bonds. The van der Waals surface area contributed by atoms with E-state index in [-0.39, 0.29) is 17.6 Å². The molecule has 0 N–H and O–H groups in total. The van der Waals surface area contributed by atoms with Gasteiger partial charge in [-0.15, -0.1) is 0 Å². The van der Waals surface area contributed by atoms with Gasteiger partial charge >= 0.3 is 0 Å². The molecule has 0 radical (unpaired) electrons. The first-order valence-corrected chi connectivity index (χ1v) is 7.25. The van der Waals surface area contributed by atoms with Gasteiger partial charge in [0.2, 0.25) is 0 Å². The lowest BCUT2D eigenvalue weighted by atomic mass is 10.1. The van der Waals surface area contributed by atoms with Gasteiger partial charge in [0.05, 0.1) is 10.5 Å². The fourth-order valence-electron chi connectivity index (χ4n) is 1.82. The summed E-state index contributed by atoms with van der Waals surface area (Å²) in [5.74, 6) is -0.148. The van der Waals surface area contributed by atoms with Crippen LogP contribution in [0.25, 0.3) is 0 Å². The number of carbonyl (C=O) groups excluding carboxylic acids is 1. The Morgan fingerprint density at radius 3 is 2.58 bits per heavy atom. The van der Waals surface area contributed by atoms with Crippen LogP contribution in [0.3, 0.4) is 0 Å². The maximum Gasteiger partial charge on any atom is 0.270 e. The summed E-state index contributed by atoms with van der Waals surface area (Å²) in [6.07, 6.45) is 0.852. The van der Waals surface area contributed by atoms with E-state index in [1.165, 1.54) is 12.1 Å². The van der Waals surface area contributed by atoms with Crippen molar-refractivity contribution < 1.29 is 9.72 Å². The molecule has 0 spiro atoms. The normalized spacial score (nSPS) is 12.0. The van der Waals surface area contributed by atoms with Crippen LogP contribution in [-0.2, 0) is 0 Å². The number of nitro benzene ring substituents is 1. The molecule has 1 aromatic rings. The third kappa shape index (κ3) is 3.65. The highest BCUT2D eigenvalue weighted by Crippen LogP contribution is 2.22. The van der Waals surface area contributed by atoms with Crippen LogP contribution < -0.4 is 0 Å². The second-order valence-electron chi connectivity index (χ2n) is 4.27. The van der Waals surface area contributed by atoms with Crippen molar-refractivity contribution in [3.05, 3.63) is 37.4 Å². The number of nitro groups is 1. The average Bonchev–Trinajstić information content (AvgIpc) is 2.39. The van der Waals surface area contributed by atoms with Crippen molar-refractivity contribution in [1.82, 2.24) is 4.90 Å². The summed E-state index contributed by atoms with van der Waals surface area (Å²) in [7, 11) is 0. The zero-order chi connectivity index (χ0) is 14.6. The van der Waals surface area contributed by atoms with E-state index in [9.17, 15) is 14.9 Å². The summed E-state index contributed by atoms with van der Waals surface area (Å²) >= 11 is 2.03. The topological polar surface area (TPSA) is 63.5 Å². The summed E-state index contributed by atoms with van der Waals surface area (Å²) in [4.78, 5) is 24.5. The Kier molecular flexibility index (Phi) is 5.71. The monoisotopic (exact) mass is 376 g/mol. The summed E-state index contributed by atoms with van der Waals surface area (Å²) < 4.78 is 0.731. The van der Waals surface area contributed by atoms with E-state index >= 15 is 0 Å². The van der Waals surface area contributed by atoms with Gasteiger partial charge in [-0.3, -0.25) is 14.9 Å². The molecule has 0 aliphatic heterocycles. The lowest BCUT2D eigenvalue weighted by Gasteiger charge is -2.27. The van der Waals surface area contributed by atoms with Crippen LogP contribution in [0.5, 0.6) is 0 Å². The van der Waals surface area contributed by atoms with Crippen molar-refractivity contribution in [2.45, 2.75) is 33.2 Å². The molecule has 0 bridgehead atoms. The van der Waals surface area contributed by atoms with Crippen molar-refractivity contribution >= 4 is 34.2 Å². The van der Waals surface area contributed by atoms with Crippen molar-refractivity contribution in [3.8, 4) is 0 Å². The van der Waals surface area contributed by atoms with Crippen molar-refractivity contribution in [2.75, 3.05) is 6.54 Å². The largest absolute Gasteiger partial charge is 0.336 e. The van der Waals surface area contributed by atoms with Crippen LogP contribution in [0.4, 0.5) is 5.69 Å². The number of nitrogens with zero attached hydrogens (tertiary/aromatic N) is 2. The Morgan fingerprint density at radius 2 is 2.11 bits per heavy atom. The number of hydrogen-bond donors (Lipinski definition) is 0. The van der Waals surface area contributed by atoms with Gasteiger partial charge in [-0.05, 0) is 48.9 Å². The second kappa shape index (κ2) is 6.83. The summed E-state index contributed by atoms with van der Waals surface area (Å²) in [5, 5.41) is 10.8. The van der Waals surface area contributed by atoms with Crippen LogP contribution in [0.15, 0.2) is 18.2 Å². The average molecular weight is 376 g/mol. The summed E-state index contributed by atoms with van der Waals surface area (Å²) in [5.41, 5.74) is 0.348. The number of carbonyl (C=O) groups is 1. The van der Waals surface area contributed by atoms with E-state index in [0.29, 0.717) is 12.1 Å². The molecule has 0 aliphatic carbocycles. The van der Waals surface area contributed by atoms with Crippen LogP contribution in [0, 0.1) is 13.7 Å². The second-order valence-corrected chi connectivity index (χ2v) is 5.43. The first kappa shape index (κ1) is 15.9. The molecule has 0 saturated heterocycles. The molecule has 0 heterocycles. The van der Waals surface area contributed by atoms with Crippen molar-refractivity contribution in [1.29, 1.82) is 0 Å². The SMILES string of the molecule is CCC(C)N(CC)C(=O)c1cc([N+](=O)[O-])ccc1I. The van der Waals surface area contributed by atoms with Gasteiger partial charge in [-0.25, -0.2) is 0 Å². The zero-order valence-electron chi connectivity index (χ0n) is 11.2. The fourth-order valence-corrected chi connectivity index (χ4v) is 2.39. The number of rotatable bonds is 5. The van der Waals surface area contributed by atoms with E-state index in [4.69, 9.17) is 0 Å². The number of non-ortho nitro benzene ring substituents is 1. The Balaban J connectivity index is 3.17. The number of halogens is 1. The molecule has 104 valence electrons. The molecule has 0 aliphatic rings. The van der Waals surface area contributed by atoms with E-state index in [1.54, 1.807) is 11.0 Å². The standard InChI is InChI=1S/C13H17IN2O3/c1-4-9(3)15(5-2)13(17)11-8-10(16(18)19)6-7-12(11)14/h6-9H,4-5H2,1-3H3. The molecule has 0 fully saturated rings. The third-order valence-corrected chi connectivity index (χ3v) is 4.06. The van der Waals surface area contributed by atoms with E-state index < -0.39 is 4.92 Å². The van der Waals surface area contributed by atoms with Crippen LogP contribution in [0.2, 0.25) is 0 Å². The van der Waals surface area contributed by atoms with Gasteiger partial charge < -0.3 is 4.90 Å². The minimum atomic E-state index is -0.480. The molecule has 0 aromatic heterocycles. The molecule has 5 nitrogen and oxygen atoms in total. The van der Waals surface area contributed by atoms with Crippen molar-refractivity contribution in [3.63, 3.8) is 0 Å². The minimum absolute atomic E-state index is 0.0519. The molecule has 1 rings (SSSR count). The first-order valence-electron chi connectivity index (χ1n) is 6.17. The molecule has 1 unspecified atom stereocenters. The number of amides is 1. The molecule has 1 aromatic carbocycles. The first-order chi connectivity index (χ1) is 8.92. The molecular formula is C13H17IN2O3. The van der Waals surface area contributed by atoms with E-state index in [2.05, 4.69) is 0 Å². The van der Waals surface area contributed by atoms with Gasteiger partial charge in [0.25, 0.3) is 11.6 Å². The van der Waals surface area contributed by atoms with Crippen molar-refractivity contribution in [2.24, 2.45) is 0 Å². The highest BCUT2D eigenvalue weighted by Gasteiger charge is 2.22. The van der Waals surface area contributed by atoms with Gasteiger partial charge in [-0.2, -0.15) is 0 Å². The smallest absolute Gasteiger partial charge is 0.270 e. The summed E-state index contributed by atoms with van der Waals surface area (Å²) in [6, 6.07) is 4.50. The predicted octanol–water partition coefficient (Wildman–Crippen LogP) is 3.46. The van der Waals surface area contributed by atoms with Crippen LogP contribution in [-0.4, -0.2) is 28.3 Å². The van der Waals surface area contributed by atoms with E-state index in [1.807, 2.05) is 43.4 Å². The van der Waals surface area contributed by atoms with E-state index in [0.717, 1.165) is 9.99 Å². The Morgan fingerprint density at radius 1 is 1.47 bits per heavy atom. The van der Waals surface area contributed by atoms with Gasteiger partial charge in [-0.1, -0.05) is 6.92 Å². The highest BCUT2D eigenvalue weighted by molar-refractivity contribution is 14.1. The maximum atomic E-state index is 12.5. The number of benzene rings is 1. The molecule has 1 atom stereocenters. The van der Waals surface area contributed by atoms with Crippen LogP contribution in [0.1, 0.15) is 37.6 Å².